The topological polar surface area (TPSA) is 110 Å². The lowest BCUT2D eigenvalue weighted by atomic mass is 10.3. The third-order valence-electron chi connectivity index (χ3n) is 4.79. The highest BCUT2D eigenvalue weighted by Gasteiger charge is 2.23. The number of rotatable bonds is 9. The molecule has 2 aromatic carbocycles. The first-order valence-electron chi connectivity index (χ1n) is 10.5. The highest BCUT2D eigenvalue weighted by atomic mass is 16.5. The van der Waals surface area contributed by atoms with E-state index in [2.05, 4.69) is 15.5 Å². The molecule has 2 aromatic heterocycles. The van der Waals surface area contributed by atoms with Crippen molar-refractivity contribution in [2.24, 2.45) is 0 Å². The van der Waals surface area contributed by atoms with Gasteiger partial charge in [-0.15, -0.1) is 0 Å². The van der Waals surface area contributed by atoms with Gasteiger partial charge in [-0.2, -0.15) is 10.2 Å². The average Bonchev–Trinajstić information content (AvgIpc) is 3.51. The Labute approximate surface area is 195 Å². The van der Waals surface area contributed by atoms with Crippen molar-refractivity contribution in [2.75, 3.05) is 19.0 Å². The van der Waals surface area contributed by atoms with Crippen LogP contribution in [0.2, 0.25) is 0 Å². The van der Waals surface area contributed by atoms with Crippen LogP contribution in [0.4, 0.5) is 5.82 Å². The number of benzene rings is 2. The molecule has 0 saturated carbocycles. The van der Waals surface area contributed by atoms with Crippen molar-refractivity contribution < 1.29 is 23.8 Å². The first kappa shape index (κ1) is 22.6. The van der Waals surface area contributed by atoms with E-state index in [9.17, 15) is 9.59 Å². The van der Waals surface area contributed by atoms with Gasteiger partial charge in [-0.25, -0.2) is 14.2 Å². The van der Waals surface area contributed by atoms with E-state index in [-0.39, 0.29) is 30.4 Å². The van der Waals surface area contributed by atoms with Crippen LogP contribution in [0.5, 0.6) is 11.5 Å². The highest BCUT2D eigenvalue weighted by molar-refractivity contribution is 6.06. The molecule has 1 amide bonds. The second-order valence-electron chi connectivity index (χ2n) is 7.02. The lowest BCUT2D eigenvalue weighted by molar-refractivity contribution is 0.0527. The van der Waals surface area contributed by atoms with Gasteiger partial charge < -0.3 is 19.5 Å². The number of anilines is 1. The quantitative estimate of drug-likeness (QED) is 0.380. The smallest absolute Gasteiger partial charge is 0.343 e. The minimum atomic E-state index is -0.585. The van der Waals surface area contributed by atoms with Gasteiger partial charge in [0.05, 0.1) is 25.6 Å². The number of para-hydroxylation sites is 1. The van der Waals surface area contributed by atoms with Crippen LogP contribution >= 0.6 is 0 Å². The number of carbonyl (C=O) groups excluding carboxylic acids is 2. The Morgan fingerprint density at radius 2 is 1.74 bits per heavy atom. The molecule has 0 spiro atoms. The Balaban J connectivity index is 1.50. The predicted molar refractivity (Wildman–Crippen MR) is 123 cm³/mol. The van der Waals surface area contributed by atoms with Crippen molar-refractivity contribution in [3.05, 3.63) is 84.3 Å². The molecule has 0 radical (unpaired) electrons. The van der Waals surface area contributed by atoms with Gasteiger partial charge in [0, 0.05) is 6.20 Å². The Bertz CT molecular complexity index is 1260. The lowest BCUT2D eigenvalue weighted by Crippen LogP contribution is -2.19. The monoisotopic (exact) mass is 461 g/mol. The molecular formula is C24H23N5O5. The summed E-state index contributed by atoms with van der Waals surface area (Å²) in [5, 5.41) is 11.3. The lowest BCUT2D eigenvalue weighted by Gasteiger charge is -2.10. The molecule has 0 aliphatic rings. The molecule has 4 aromatic rings. The zero-order chi connectivity index (χ0) is 23.9. The maximum Gasteiger partial charge on any atom is 0.343 e. The molecule has 0 saturated heterocycles. The number of carbonyl (C=O) groups is 2. The molecule has 1 N–H and O–H groups in total. The van der Waals surface area contributed by atoms with Gasteiger partial charge in [0.15, 0.2) is 18.2 Å². The molecule has 0 bridgehead atoms. The Morgan fingerprint density at radius 1 is 1.00 bits per heavy atom. The van der Waals surface area contributed by atoms with Crippen molar-refractivity contribution in [3.63, 3.8) is 0 Å². The number of aromatic nitrogens is 4. The molecule has 0 fully saturated rings. The summed E-state index contributed by atoms with van der Waals surface area (Å²) in [6, 6.07) is 17.8. The number of ether oxygens (including phenoxy) is 3. The summed E-state index contributed by atoms with van der Waals surface area (Å²) in [7, 11) is 1.59. The van der Waals surface area contributed by atoms with E-state index in [4.69, 9.17) is 14.2 Å². The standard InChI is InChI=1S/C24H23N5O5/c1-3-33-24(31)20-15-25-29(17-7-5-4-6-8-17)22(20)26-23(30)21-13-14-28(27-21)16-34-19-11-9-18(32-2)10-12-19/h4-15H,3,16H2,1-2H3,(H,26,30). The van der Waals surface area contributed by atoms with Gasteiger partial charge >= 0.3 is 5.97 Å². The first-order chi connectivity index (χ1) is 16.6. The molecule has 0 aliphatic carbocycles. The largest absolute Gasteiger partial charge is 0.497 e. The second kappa shape index (κ2) is 10.3. The summed E-state index contributed by atoms with van der Waals surface area (Å²) in [5.74, 6) is 0.457. The van der Waals surface area contributed by atoms with E-state index in [0.717, 1.165) is 5.75 Å². The fraction of sp³-hybridized carbons (Fsp3) is 0.167. The van der Waals surface area contributed by atoms with Crippen LogP contribution in [0, 0.1) is 0 Å². The van der Waals surface area contributed by atoms with Crippen LogP contribution in [-0.4, -0.2) is 45.2 Å². The average molecular weight is 461 g/mol. The van der Waals surface area contributed by atoms with Crippen LogP contribution in [0.1, 0.15) is 27.8 Å². The third-order valence-corrected chi connectivity index (χ3v) is 4.79. The van der Waals surface area contributed by atoms with Crippen LogP contribution in [0.25, 0.3) is 5.69 Å². The maximum atomic E-state index is 13.0. The molecule has 0 aliphatic heterocycles. The molecule has 34 heavy (non-hydrogen) atoms. The van der Waals surface area contributed by atoms with Crippen LogP contribution in [0.3, 0.4) is 0 Å². The fourth-order valence-electron chi connectivity index (χ4n) is 3.13. The van der Waals surface area contributed by atoms with E-state index in [1.54, 1.807) is 50.6 Å². The summed E-state index contributed by atoms with van der Waals surface area (Å²) in [5.41, 5.74) is 0.960. The summed E-state index contributed by atoms with van der Waals surface area (Å²) >= 11 is 0. The van der Waals surface area contributed by atoms with Crippen molar-refractivity contribution >= 4 is 17.7 Å². The van der Waals surface area contributed by atoms with E-state index in [0.29, 0.717) is 11.4 Å². The molecule has 0 unspecified atom stereocenters. The minimum Gasteiger partial charge on any atom is -0.497 e. The summed E-state index contributed by atoms with van der Waals surface area (Å²) in [6.45, 7) is 2.01. The van der Waals surface area contributed by atoms with E-state index in [1.165, 1.54) is 15.6 Å². The van der Waals surface area contributed by atoms with Gasteiger partial charge in [-0.1, -0.05) is 18.2 Å². The number of nitrogens with one attached hydrogen (secondary N) is 1. The van der Waals surface area contributed by atoms with Gasteiger partial charge in [0.1, 0.15) is 17.1 Å². The molecule has 10 heteroatoms. The van der Waals surface area contributed by atoms with Gasteiger partial charge in [-0.05, 0) is 49.4 Å². The number of nitrogens with zero attached hydrogens (tertiary/aromatic N) is 4. The van der Waals surface area contributed by atoms with Gasteiger partial charge in [0.2, 0.25) is 0 Å². The number of hydrogen-bond acceptors (Lipinski definition) is 7. The van der Waals surface area contributed by atoms with Crippen LogP contribution < -0.4 is 14.8 Å². The number of hydrogen-bond donors (Lipinski definition) is 1. The van der Waals surface area contributed by atoms with E-state index >= 15 is 0 Å². The Morgan fingerprint density at radius 3 is 2.44 bits per heavy atom. The highest BCUT2D eigenvalue weighted by Crippen LogP contribution is 2.22. The van der Waals surface area contributed by atoms with Crippen molar-refractivity contribution in [1.82, 2.24) is 19.6 Å². The van der Waals surface area contributed by atoms with Crippen LogP contribution in [0.15, 0.2) is 73.1 Å². The van der Waals surface area contributed by atoms with Crippen molar-refractivity contribution in [2.45, 2.75) is 13.7 Å². The summed E-state index contributed by atoms with van der Waals surface area (Å²) in [4.78, 5) is 25.4. The zero-order valence-corrected chi connectivity index (χ0v) is 18.7. The first-order valence-corrected chi connectivity index (χ1v) is 10.5. The number of amides is 1. The second-order valence-corrected chi connectivity index (χ2v) is 7.02. The predicted octanol–water partition coefficient (Wildman–Crippen LogP) is 3.54. The molecule has 10 nitrogen and oxygen atoms in total. The SMILES string of the molecule is CCOC(=O)c1cnn(-c2ccccc2)c1NC(=O)c1ccn(COc2ccc(OC)cc2)n1. The van der Waals surface area contributed by atoms with Crippen molar-refractivity contribution in [3.8, 4) is 17.2 Å². The molecule has 4 rings (SSSR count). The zero-order valence-electron chi connectivity index (χ0n) is 18.7. The van der Waals surface area contributed by atoms with Gasteiger partial charge in [0.25, 0.3) is 5.91 Å². The van der Waals surface area contributed by atoms with Crippen molar-refractivity contribution in [1.29, 1.82) is 0 Å². The summed E-state index contributed by atoms with van der Waals surface area (Å²) in [6.07, 6.45) is 2.99. The molecule has 174 valence electrons. The van der Waals surface area contributed by atoms with Crippen LogP contribution in [-0.2, 0) is 11.5 Å². The summed E-state index contributed by atoms with van der Waals surface area (Å²) < 4.78 is 18.9. The maximum absolute atomic E-state index is 13.0. The fourth-order valence-corrected chi connectivity index (χ4v) is 3.13. The Hall–Kier alpha value is -4.60. The molecule has 2 heterocycles. The van der Waals surface area contributed by atoms with E-state index < -0.39 is 11.9 Å². The molecule has 0 atom stereocenters. The Kier molecular flexibility index (Phi) is 6.87. The molecular weight excluding hydrogens is 438 g/mol. The van der Waals surface area contributed by atoms with Gasteiger partial charge in [-0.3, -0.25) is 4.79 Å². The number of methoxy groups -OCH3 is 1. The van der Waals surface area contributed by atoms with E-state index in [1.807, 2.05) is 30.3 Å². The normalized spacial score (nSPS) is 10.5. The minimum absolute atomic E-state index is 0.107. The third kappa shape index (κ3) is 5.07. The number of esters is 1.